The van der Waals surface area contributed by atoms with E-state index in [0.717, 1.165) is 0 Å². The fraction of sp³-hybridized carbons (Fsp3) is 0. The molecule has 2 aromatic carbocycles. The first-order valence-electron chi connectivity index (χ1n) is 7.19. The molecule has 0 spiro atoms. The van der Waals surface area contributed by atoms with E-state index in [0.29, 0.717) is 5.69 Å². The van der Waals surface area contributed by atoms with Gasteiger partial charge in [-0.1, -0.05) is 28.6 Å². The van der Waals surface area contributed by atoms with Gasteiger partial charge in [-0.05, 0) is 30.3 Å². The molecule has 0 saturated carbocycles. The summed E-state index contributed by atoms with van der Waals surface area (Å²) < 4.78 is 33.5. The highest BCUT2D eigenvalue weighted by molar-refractivity contribution is 5.66. The molecule has 25 heavy (non-hydrogen) atoms. The predicted molar refractivity (Wildman–Crippen MR) is 84.4 cm³/mol. The van der Waals surface area contributed by atoms with E-state index in [1.54, 1.807) is 18.2 Å². The Bertz CT molecular complexity index is 1060. The van der Waals surface area contributed by atoms with Crippen LogP contribution in [0.25, 0.3) is 28.7 Å². The molecule has 0 atom stereocenters. The summed E-state index contributed by atoms with van der Waals surface area (Å²) in [5, 5.41) is 11.5. The van der Waals surface area contributed by atoms with Crippen molar-refractivity contribution in [3.8, 4) is 28.7 Å². The average Bonchev–Trinajstić information content (AvgIpc) is 3.22. The zero-order valence-corrected chi connectivity index (χ0v) is 12.6. The van der Waals surface area contributed by atoms with E-state index in [-0.39, 0.29) is 28.8 Å². The molecule has 0 bridgehead atoms. The number of benzene rings is 2. The van der Waals surface area contributed by atoms with Crippen LogP contribution in [0, 0.1) is 11.6 Å². The highest BCUT2D eigenvalue weighted by Gasteiger charge is 2.20. The Kier molecular flexibility index (Phi) is 3.46. The van der Waals surface area contributed by atoms with Gasteiger partial charge in [0.15, 0.2) is 11.5 Å². The van der Waals surface area contributed by atoms with Crippen LogP contribution >= 0.6 is 0 Å². The minimum Gasteiger partial charge on any atom is -0.382 e. The molecule has 0 fully saturated rings. The minimum atomic E-state index is -0.480. The lowest BCUT2D eigenvalue weighted by Crippen LogP contribution is -2.02. The highest BCUT2D eigenvalue weighted by atomic mass is 19.1. The number of halogens is 2. The molecular weight excluding hydrogens is 330 g/mol. The number of aromatic nitrogens is 5. The van der Waals surface area contributed by atoms with Gasteiger partial charge in [-0.15, -0.1) is 5.10 Å². The topological polar surface area (TPSA) is 95.7 Å². The van der Waals surface area contributed by atoms with Crippen molar-refractivity contribution in [3.05, 3.63) is 60.2 Å². The van der Waals surface area contributed by atoms with Gasteiger partial charge in [0.2, 0.25) is 5.82 Å². The lowest BCUT2D eigenvalue weighted by Gasteiger charge is -2.02. The van der Waals surface area contributed by atoms with E-state index in [1.807, 2.05) is 0 Å². The Morgan fingerprint density at radius 3 is 2.68 bits per heavy atom. The number of anilines is 1. The van der Waals surface area contributed by atoms with E-state index in [4.69, 9.17) is 10.3 Å². The van der Waals surface area contributed by atoms with Gasteiger partial charge >= 0.3 is 0 Å². The van der Waals surface area contributed by atoms with Crippen LogP contribution < -0.4 is 5.73 Å². The van der Waals surface area contributed by atoms with E-state index in [2.05, 4.69) is 20.5 Å². The molecule has 2 aromatic heterocycles. The molecule has 124 valence electrons. The first-order valence-corrected chi connectivity index (χ1v) is 7.19. The van der Waals surface area contributed by atoms with E-state index >= 15 is 0 Å². The van der Waals surface area contributed by atoms with Gasteiger partial charge in [-0.2, -0.15) is 9.67 Å². The summed E-state index contributed by atoms with van der Waals surface area (Å²) in [6.07, 6.45) is 0. The number of hydrogen-bond acceptors (Lipinski definition) is 6. The maximum atomic E-state index is 13.8. The Labute approximate surface area is 139 Å². The van der Waals surface area contributed by atoms with Crippen molar-refractivity contribution in [2.75, 3.05) is 5.73 Å². The smallest absolute Gasteiger partial charge is 0.282 e. The maximum absolute atomic E-state index is 13.8. The third kappa shape index (κ3) is 2.61. The zero-order valence-electron chi connectivity index (χ0n) is 12.6. The molecule has 4 aromatic rings. The van der Waals surface area contributed by atoms with Gasteiger partial charge in [-0.25, -0.2) is 8.78 Å². The summed E-state index contributed by atoms with van der Waals surface area (Å²) >= 11 is 0. The fourth-order valence-corrected chi connectivity index (χ4v) is 2.31. The third-order valence-electron chi connectivity index (χ3n) is 3.50. The summed E-state index contributed by atoms with van der Waals surface area (Å²) in [6, 6.07) is 11.7. The number of nitrogens with two attached hydrogens (primary N) is 1. The van der Waals surface area contributed by atoms with Crippen molar-refractivity contribution in [2.24, 2.45) is 0 Å². The second-order valence-electron chi connectivity index (χ2n) is 5.12. The number of nitrogen functional groups attached to an aromatic ring is 1. The number of nitrogens with zero attached hydrogens (tertiary/aromatic N) is 5. The first-order chi connectivity index (χ1) is 12.1. The summed E-state index contributed by atoms with van der Waals surface area (Å²) in [5.74, 6) is -0.777. The minimum absolute atomic E-state index is 0.0154. The standard InChI is InChI=1S/C16H10F2N6O/c17-9-4-3-5-10(8-9)24-14(19)13(21-23-24)16-20-15(22-25-16)11-6-1-2-7-12(11)18/h1-8H,19H2. The molecule has 7 nitrogen and oxygen atoms in total. The third-order valence-corrected chi connectivity index (χ3v) is 3.50. The van der Waals surface area contributed by atoms with Crippen LogP contribution in [0.4, 0.5) is 14.6 Å². The van der Waals surface area contributed by atoms with Crippen molar-refractivity contribution in [1.29, 1.82) is 0 Å². The Morgan fingerprint density at radius 2 is 1.88 bits per heavy atom. The van der Waals surface area contributed by atoms with Crippen molar-refractivity contribution in [1.82, 2.24) is 25.1 Å². The molecule has 9 heteroatoms. The zero-order chi connectivity index (χ0) is 17.4. The van der Waals surface area contributed by atoms with Gasteiger partial charge < -0.3 is 10.3 Å². The van der Waals surface area contributed by atoms with Gasteiger partial charge in [0.1, 0.15) is 11.6 Å². The van der Waals surface area contributed by atoms with Gasteiger partial charge in [0.05, 0.1) is 11.3 Å². The molecule has 0 aliphatic carbocycles. The van der Waals surface area contributed by atoms with Crippen LogP contribution in [0.15, 0.2) is 53.1 Å². The van der Waals surface area contributed by atoms with E-state index in [1.165, 1.54) is 35.0 Å². The number of hydrogen-bond donors (Lipinski definition) is 1. The second kappa shape index (κ2) is 5.78. The van der Waals surface area contributed by atoms with Crippen LogP contribution in [0.2, 0.25) is 0 Å². The SMILES string of the molecule is Nc1c(-c2nc(-c3ccccc3F)no2)nnn1-c1cccc(F)c1. The summed E-state index contributed by atoms with van der Waals surface area (Å²) in [4.78, 5) is 4.11. The van der Waals surface area contributed by atoms with Crippen LogP contribution in [0.3, 0.4) is 0 Å². The quantitative estimate of drug-likeness (QED) is 0.616. The maximum Gasteiger partial charge on any atom is 0.282 e. The Morgan fingerprint density at radius 1 is 1.04 bits per heavy atom. The molecule has 0 amide bonds. The largest absolute Gasteiger partial charge is 0.382 e. The summed E-state index contributed by atoms with van der Waals surface area (Å²) in [6.45, 7) is 0. The van der Waals surface area contributed by atoms with Crippen LogP contribution in [-0.4, -0.2) is 25.1 Å². The second-order valence-corrected chi connectivity index (χ2v) is 5.12. The molecule has 0 radical (unpaired) electrons. The predicted octanol–water partition coefficient (Wildman–Crippen LogP) is 2.84. The van der Waals surface area contributed by atoms with E-state index in [9.17, 15) is 8.78 Å². The molecule has 0 aliphatic heterocycles. The van der Waals surface area contributed by atoms with Crippen LogP contribution in [0.5, 0.6) is 0 Å². The lowest BCUT2D eigenvalue weighted by atomic mass is 10.2. The molecule has 0 aliphatic rings. The highest BCUT2D eigenvalue weighted by Crippen LogP contribution is 2.27. The Balaban J connectivity index is 1.74. The molecule has 2 heterocycles. The van der Waals surface area contributed by atoms with Crippen molar-refractivity contribution in [3.63, 3.8) is 0 Å². The first kappa shape index (κ1) is 14.9. The monoisotopic (exact) mass is 340 g/mol. The van der Waals surface area contributed by atoms with Gasteiger partial charge in [-0.3, -0.25) is 0 Å². The van der Waals surface area contributed by atoms with Crippen molar-refractivity contribution >= 4 is 5.82 Å². The Hall–Kier alpha value is -3.62. The normalized spacial score (nSPS) is 11.0. The van der Waals surface area contributed by atoms with Crippen LogP contribution in [-0.2, 0) is 0 Å². The summed E-state index contributed by atoms with van der Waals surface area (Å²) in [7, 11) is 0. The van der Waals surface area contributed by atoms with Crippen molar-refractivity contribution in [2.45, 2.75) is 0 Å². The molecule has 0 unspecified atom stereocenters. The number of rotatable bonds is 3. The average molecular weight is 340 g/mol. The molecule has 0 saturated heterocycles. The molecular formula is C16H10F2N6O. The summed E-state index contributed by atoms with van der Waals surface area (Å²) in [5.41, 5.74) is 6.72. The fourth-order valence-electron chi connectivity index (χ4n) is 2.31. The van der Waals surface area contributed by atoms with Crippen molar-refractivity contribution < 1.29 is 13.3 Å². The van der Waals surface area contributed by atoms with Gasteiger partial charge in [0, 0.05) is 0 Å². The molecule has 2 N–H and O–H groups in total. The lowest BCUT2D eigenvalue weighted by molar-refractivity contribution is 0.430. The van der Waals surface area contributed by atoms with Crippen LogP contribution in [0.1, 0.15) is 0 Å². The van der Waals surface area contributed by atoms with E-state index < -0.39 is 11.6 Å². The molecule has 4 rings (SSSR count). The van der Waals surface area contributed by atoms with Gasteiger partial charge in [0.25, 0.3) is 5.89 Å².